The number of pyridine rings is 1. The third-order valence-electron chi connectivity index (χ3n) is 6.42. The summed E-state index contributed by atoms with van der Waals surface area (Å²) in [6, 6.07) is 6.25. The number of ether oxygens (including phenoxy) is 2. The highest BCUT2D eigenvalue weighted by Gasteiger charge is 2.23. The zero-order valence-electron chi connectivity index (χ0n) is 18.0. The molecule has 1 saturated heterocycles. The van der Waals surface area contributed by atoms with Crippen molar-refractivity contribution in [3.05, 3.63) is 41.3 Å². The van der Waals surface area contributed by atoms with Crippen molar-refractivity contribution in [2.75, 3.05) is 33.4 Å². The van der Waals surface area contributed by atoms with Crippen LogP contribution in [0.15, 0.2) is 28.9 Å². The lowest BCUT2D eigenvalue weighted by atomic mass is 9.99. The number of furan rings is 1. The Balaban J connectivity index is 1.45. The van der Waals surface area contributed by atoms with Crippen LogP contribution < -0.4 is 9.47 Å². The van der Waals surface area contributed by atoms with Gasteiger partial charge in [0.15, 0.2) is 11.5 Å². The molecule has 5 nitrogen and oxygen atoms in total. The van der Waals surface area contributed by atoms with Gasteiger partial charge in [0.25, 0.3) is 0 Å². The molecule has 30 heavy (non-hydrogen) atoms. The quantitative estimate of drug-likeness (QED) is 0.507. The van der Waals surface area contributed by atoms with Crippen molar-refractivity contribution < 1.29 is 13.9 Å². The summed E-state index contributed by atoms with van der Waals surface area (Å²) in [5.74, 6) is 2.49. The van der Waals surface area contributed by atoms with Gasteiger partial charge in [-0.2, -0.15) is 0 Å². The lowest BCUT2D eigenvalue weighted by Gasteiger charge is -2.17. The summed E-state index contributed by atoms with van der Waals surface area (Å²) in [4.78, 5) is 7.57. The van der Waals surface area contributed by atoms with E-state index in [9.17, 15) is 0 Å². The van der Waals surface area contributed by atoms with E-state index in [-0.39, 0.29) is 0 Å². The van der Waals surface area contributed by atoms with Crippen LogP contribution in [0.1, 0.15) is 42.6 Å². The smallest absolute Gasteiger partial charge is 0.163 e. The highest BCUT2D eigenvalue weighted by molar-refractivity contribution is 5.90. The highest BCUT2D eigenvalue weighted by atomic mass is 16.5. The highest BCUT2D eigenvalue weighted by Crippen LogP contribution is 2.40. The van der Waals surface area contributed by atoms with Crippen LogP contribution in [0.2, 0.25) is 0 Å². The summed E-state index contributed by atoms with van der Waals surface area (Å²) in [7, 11) is 1.72. The minimum Gasteiger partial charge on any atom is -0.493 e. The first kappa shape index (κ1) is 19.4. The fraction of sp³-hybridized carbons (Fsp3) is 0.480. The average Bonchev–Trinajstić information content (AvgIpc) is 3.51. The lowest BCUT2D eigenvalue weighted by molar-refractivity contribution is 0.254. The van der Waals surface area contributed by atoms with E-state index in [0.29, 0.717) is 6.61 Å². The molecule has 0 unspecified atom stereocenters. The number of hydrogen-bond acceptors (Lipinski definition) is 5. The minimum absolute atomic E-state index is 0.692. The van der Waals surface area contributed by atoms with Crippen LogP contribution in [0, 0.1) is 6.92 Å². The molecule has 0 saturated carbocycles. The lowest BCUT2D eigenvalue weighted by Crippen LogP contribution is -2.21. The number of nitrogens with zero attached hydrogens (tertiary/aromatic N) is 2. The van der Waals surface area contributed by atoms with Gasteiger partial charge in [-0.15, -0.1) is 0 Å². The third kappa shape index (κ3) is 3.67. The fourth-order valence-electron chi connectivity index (χ4n) is 4.93. The number of hydrogen-bond donors (Lipinski definition) is 0. The van der Waals surface area contributed by atoms with Crippen LogP contribution >= 0.6 is 0 Å². The molecular formula is C25H30N2O3. The first-order chi connectivity index (χ1) is 14.7. The maximum atomic E-state index is 6.15. The predicted molar refractivity (Wildman–Crippen MR) is 119 cm³/mol. The molecule has 1 aromatic carbocycles. The molecule has 1 aliphatic carbocycles. The van der Waals surface area contributed by atoms with E-state index in [1.807, 2.05) is 13.2 Å². The van der Waals surface area contributed by atoms with E-state index in [1.165, 1.54) is 42.4 Å². The SMILES string of the molecule is COc1cc2c3c(c(-c4coc(C)c4)nc2cc1OCCCN1CCCC1)CCC3. The van der Waals surface area contributed by atoms with E-state index in [2.05, 4.69) is 23.1 Å². The summed E-state index contributed by atoms with van der Waals surface area (Å²) < 4.78 is 17.4. The van der Waals surface area contributed by atoms with Crippen LogP contribution in [0.5, 0.6) is 11.5 Å². The van der Waals surface area contributed by atoms with Crippen LogP contribution in [0.25, 0.3) is 22.2 Å². The molecule has 0 bridgehead atoms. The van der Waals surface area contributed by atoms with Gasteiger partial charge in [0.2, 0.25) is 0 Å². The Morgan fingerprint density at radius 1 is 1.03 bits per heavy atom. The summed E-state index contributed by atoms with van der Waals surface area (Å²) in [6.07, 6.45) is 8.81. The number of aryl methyl sites for hydroxylation is 2. The maximum absolute atomic E-state index is 6.15. The molecule has 0 atom stereocenters. The Morgan fingerprint density at radius 2 is 1.87 bits per heavy atom. The maximum Gasteiger partial charge on any atom is 0.163 e. The molecule has 5 rings (SSSR count). The summed E-state index contributed by atoms with van der Waals surface area (Å²) >= 11 is 0. The van der Waals surface area contributed by atoms with Gasteiger partial charge in [0.05, 0.1) is 24.9 Å². The van der Waals surface area contributed by atoms with E-state index < -0.39 is 0 Å². The summed E-state index contributed by atoms with van der Waals surface area (Å²) in [5, 5.41) is 1.19. The van der Waals surface area contributed by atoms with Gasteiger partial charge in [0, 0.05) is 23.6 Å². The molecule has 3 heterocycles. The number of likely N-dealkylation sites (tertiary alicyclic amines) is 1. The van der Waals surface area contributed by atoms with Gasteiger partial charge in [-0.05, 0) is 81.8 Å². The van der Waals surface area contributed by atoms with E-state index in [0.717, 1.165) is 66.3 Å². The average molecular weight is 407 g/mol. The second-order valence-corrected chi connectivity index (χ2v) is 8.49. The Labute approximate surface area is 178 Å². The van der Waals surface area contributed by atoms with Crippen molar-refractivity contribution in [2.45, 2.75) is 45.4 Å². The topological polar surface area (TPSA) is 47.7 Å². The third-order valence-corrected chi connectivity index (χ3v) is 6.42. The Hall–Kier alpha value is -2.53. The molecule has 0 N–H and O–H groups in total. The van der Waals surface area contributed by atoms with Gasteiger partial charge < -0.3 is 18.8 Å². The zero-order valence-corrected chi connectivity index (χ0v) is 18.0. The molecule has 0 amide bonds. The van der Waals surface area contributed by atoms with Crippen LogP contribution in [-0.4, -0.2) is 43.2 Å². The first-order valence-corrected chi connectivity index (χ1v) is 11.2. The van der Waals surface area contributed by atoms with Crippen molar-refractivity contribution in [3.8, 4) is 22.8 Å². The largest absolute Gasteiger partial charge is 0.493 e. The molecule has 0 radical (unpaired) electrons. The molecule has 158 valence electrons. The number of benzene rings is 1. The van der Waals surface area contributed by atoms with E-state index >= 15 is 0 Å². The van der Waals surface area contributed by atoms with Crippen LogP contribution in [0.3, 0.4) is 0 Å². The van der Waals surface area contributed by atoms with Gasteiger partial charge in [0.1, 0.15) is 12.0 Å². The van der Waals surface area contributed by atoms with Gasteiger partial charge in [-0.1, -0.05) is 0 Å². The van der Waals surface area contributed by atoms with Crippen molar-refractivity contribution in [3.63, 3.8) is 0 Å². The van der Waals surface area contributed by atoms with Crippen molar-refractivity contribution in [1.82, 2.24) is 9.88 Å². The standard InChI is InChI=1S/C25H30N2O3/c1-17-13-18(16-30-17)25-20-8-5-7-19(20)21-14-23(28-2)24(15-22(21)26-25)29-12-6-11-27-9-3-4-10-27/h13-16H,3-12H2,1-2H3. The van der Waals surface area contributed by atoms with Crippen molar-refractivity contribution in [2.24, 2.45) is 0 Å². The van der Waals surface area contributed by atoms with Gasteiger partial charge in [-0.3, -0.25) is 0 Å². The molecule has 1 fully saturated rings. The molecule has 2 aliphatic rings. The molecule has 3 aromatic rings. The van der Waals surface area contributed by atoms with Crippen molar-refractivity contribution in [1.29, 1.82) is 0 Å². The molecule has 1 aliphatic heterocycles. The second-order valence-electron chi connectivity index (χ2n) is 8.49. The molecule has 0 spiro atoms. The second kappa shape index (κ2) is 8.31. The number of fused-ring (bicyclic) bond motifs is 3. The number of methoxy groups -OCH3 is 1. The fourth-order valence-corrected chi connectivity index (χ4v) is 4.93. The molecule has 2 aromatic heterocycles. The van der Waals surface area contributed by atoms with E-state index in [1.54, 1.807) is 7.11 Å². The predicted octanol–water partition coefficient (Wildman–Crippen LogP) is 5.17. The number of aromatic nitrogens is 1. The van der Waals surface area contributed by atoms with E-state index in [4.69, 9.17) is 18.9 Å². The van der Waals surface area contributed by atoms with Gasteiger partial charge in [-0.25, -0.2) is 4.98 Å². The minimum atomic E-state index is 0.692. The first-order valence-electron chi connectivity index (χ1n) is 11.2. The summed E-state index contributed by atoms with van der Waals surface area (Å²) in [5.41, 5.74) is 5.84. The Morgan fingerprint density at radius 3 is 2.63 bits per heavy atom. The van der Waals surface area contributed by atoms with Crippen molar-refractivity contribution >= 4 is 10.9 Å². The zero-order chi connectivity index (χ0) is 20.5. The normalized spacial score (nSPS) is 16.3. The number of rotatable bonds is 7. The monoisotopic (exact) mass is 406 g/mol. The van der Waals surface area contributed by atoms with Crippen LogP contribution in [0.4, 0.5) is 0 Å². The molecular weight excluding hydrogens is 376 g/mol. The Kier molecular flexibility index (Phi) is 5.38. The molecule has 5 heteroatoms. The Bertz CT molecular complexity index is 1050. The van der Waals surface area contributed by atoms with Crippen LogP contribution in [-0.2, 0) is 12.8 Å². The van der Waals surface area contributed by atoms with Gasteiger partial charge >= 0.3 is 0 Å². The summed E-state index contributed by atoms with van der Waals surface area (Å²) in [6.45, 7) is 6.22.